The molecule has 2 aliphatic rings. The number of esters is 1. The van der Waals surface area contributed by atoms with Crippen molar-refractivity contribution < 1.29 is 23.8 Å². The van der Waals surface area contributed by atoms with Gasteiger partial charge in [0.1, 0.15) is 19.0 Å². The Morgan fingerprint density at radius 2 is 1.79 bits per heavy atom. The molecular weight excluding hydrogens is 418 g/mol. The van der Waals surface area contributed by atoms with E-state index < -0.39 is 11.9 Å². The van der Waals surface area contributed by atoms with E-state index in [4.69, 9.17) is 14.2 Å². The lowest BCUT2D eigenvalue weighted by Gasteiger charge is -2.34. The third kappa shape index (κ3) is 5.01. The van der Waals surface area contributed by atoms with Gasteiger partial charge in [-0.15, -0.1) is 0 Å². The highest BCUT2D eigenvalue weighted by Crippen LogP contribution is 2.45. The molecule has 6 nitrogen and oxygen atoms in total. The van der Waals surface area contributed by atoms with Crippen LogP contribution in [0.5, 0.6) is 5.75 Å². The predicted octanol–water partition coefficient (Wildman–Crippen LogP) is 4.42. The Hall–Kier alpha value is -3.38. The maximum atomic E-state index is 13.2. The van der Waals surface area contributed by atoms with Crippen molar-refractivity contribution in [3.05, 3.63) is 88.3 Å². The average Bonchev–Trinajstić information content (AvgIpc) is 2.83. The molecule has 0 fully saturated rings. The topological polar surface area (TPSA) is 73.9 Å². The minimum Gasteiger partial charge on any atom is -0.489 e. The standard InChI is InChI=1S/C27H29NO5/c1-18-24(27(30)32-16-15-31-2)25(26-21(28-18)12-8-13-22(26)29)20-11-6-7-14-23(20)33-17-19-9-4-3-5-10-19/h3-7,9-11,14,25,28H,8,12-13,15-17H2,1-2H3/t25-/m1/s1. The molecule has 0 spiro atoms. The number of hydrogen-bond acceptors (Lipinski definition) is 6. The zero-order chi connectivity index (χ0) is 23.2. The van der Waals surface area contributed by atoms with Gasteiger partial charge in [0.25, 0.3) is 0 Å². The molecule has 33 heavy (non-hydrogen) atoms. The first-order valence-electron chi connectivity index (χ1n) is 11.3. The Kier molecular flexibility index (Phi) is 7.25. The van der Waals surface area contributed by atoms with E-state index in [1.165, 1.54) is 0 Å². The number of ketones is 1. The number of nitrogens with one attached hydrogen (secondary N) is 1. The third-order valence-corrected chi connectivity index (χ3v) is 5.98. The fraction of sp³-hybridized carbons (Fsp3) is 0.333. The molecule has 0 radical (unpaired) electrons. The molecule has 0 aromatic heterocycles. The summed E-state index contributed by atoms with van der Waals surface area (Å²) in [6, 6.07) is 17.5. The van der Waals surface area contributed by atoms with E-state index >= 15 is 0 Å². The van der Waals surface area contributed by atoms with Crippen molar-refractivity contribution in [2.24, 2.45) is 0 Å². The number of methoxy groups -OCH3 is 1. The molecule has 1 atom stereocenters. The molecule has 0 unspecified atom stereocenters. The lowest BCUT2D eigenvalue weighted by molar-refractivity contribution is -0.140. The lowest BCUT2D eigenvalue weighted by Crippen LogP contribution is -2.34. The highest BCUT2D eigenvalue weighted by Gasteiger charge is 2.40. The van der Waals surface area contributed by atoms with Crippen molar-refractivity contribution in [2.75, 3.05) is 20.3 Å². The monoisotopic (exact) mass is 447 g/mol. The van der Waals surface area contributed by atoms with Crippen molar-refractivity contribution in [3.63, 3.8) is 0 Å². The zero-order valence-electron chi connectivity index (χ0n) is 19.1. The summed E-state index contributed by atoms with van der Waals surface area (Å²) in [4.78, 5) is 26.3. The summed E-state index contributed by atoms with van der Waals surface area (Å²) < 4.78 is 16.7. The van der Waals surface area contributed by atoms with Crippen LogP contribution in [0, 0.1) is 0 Å². The van der Waals surface area contributed by atoms with Crippen molar-refractivity contribution in [2.45, 2.75) is 38.7 Å². The van der Waals surface area contributed by atoms with Gasteiger partial charge in [-0.2, -0.15) is 0 Å². The SMILES string of the molecule is COCCOC(=O)C1=C(C)NC2=C(C(=O)CCC2)[C@@H]1c1ccccc1OCc1ccccc1. The Labute approximate surface area is 194 Å². The normalized spacial score (nSPS) is 18.0. The van der Waals surface area contributed by atoms with Crippen LogP contribution in [0.3, 0.4) is 0 Å². The predicted molar refractivity (Wildman–Crippen MR) is 125 cm³/mol. The van der Waals surface area contributed by atoms with Gasteiger partial charge in [0, 0.05) is 36.1 Å². The Balaban J connectivity index is 1.74. The highest BCUT2D eigenvalue weighted by atomic mass is 16.6. The van der Waals surface area contributed by atoms with E-state index in [0.29, 0.717) is 42.2 Å². The first-order chi connectivity index (χ1) is 16.1. The van der Waals surface area contributed by atoms with Gasteiger partial charge in [0.2, 0.25) is 0 Å². The fourth-order valence-corrected chi connectivity index (χ4v) is 4.45. The molecule has 4 rings (SSSR count). The summed E-state index contributed by atoms with van der Waals surface area (Å²) in [7, 11) is 1.56. The summed E-state index contributed by atoms with van der Waals surface area (Å²) in [6.07, 6.45) is 2.04. The van der Waals surface area contributed by atoms with Crippen LogP contribution in [-0.4, -0.2) is 32.1 Å². The molecule has 1 N–H and O–H groups in total. The Morgan fingerprint density at radius 1 is 1.03 bits per heavy atom. The zero-order valence-corrected chi connectivity index (χ0v) is 19.1. The third-order valence-electron chi connectivity index (χ3n) is 5.98. The van der Waals surface area contributed by atoms with Crippen LogP contribution in [0.15, 0.2) is 77.1 Å². The molecule has 0 saturated carbocycles. The van der Waals surface area contributed by atoms with Crippen molar-refractivity contribution in [1.29, 1.82) is 0 Å². The maximum absolute atomic E-state index is 13.2. The number of dihydropyridines is 1. The second-order valence-corrected chi connectivity index (χ2v) is 8.21. The largest absolute Gasteiger partial charge is 0.489 e. The van der Waals surface area contributed by atoms with Crippen molar-refractivity contribution in [3.8, 4) is 5.75 Å². The van der Waals surface area contributed by atoms with Gasteiger partial charge in [0.15, 0.2) is 5.78 Å². The number of carbonyl (C=O) groups is 2. The minimum atomic E-state index is -0.545. The second kappa shape index (κ2) is 10.5. The molecule has 0 saturated heterocycles. The van der Waals surface area contributed by atoms with Gasteiger partial charge in [0.05, 0.1) is 18.1 Å². The average molecular weight is 448 g/mol. The van der Waals surface area contributed by atoms with E-state index in [9.17, 15) is 9.59 Å². The molecule has 1 aliphatic carbocycles. The molecular formula is C27H29NO5. The van der Waals surface area contributed by atoms with E-state index in [0.717, 1.165) is 29.7 Å². The molecule has 172 valence electrons. The lowest BCUT2D eigenvalue weighted by atomic mass is 9.75. The number of ether oxygens (including phenoxy) is 3. The van der Waals surface area contributed by atoms with E-state index in [1.54, 1.807) is 7.11 Å². The molecule has 1 aliphatic heterocycles. The summed E-state index contributed by atoms with van der Waals surface area (Å²) in [6.45, 7) is 2.69. The molecule has 0 amide bonds. The van der Waals surface area contributed by atoms with Crippen LogP contribution in [0.4, 0.5) is 0 Å². The quantitative estimate of drug-likeness (QED) is 0.477. The summed E-state index contributed by atoms with van der Waals surface area (Å²) in [5.74, 6) is -0.296. The molecule has 2 aromatic rings. The van der Waals surface area contributed by atoms with E-state index in [-0.39, 0.29) is 12.4 Å². The second-order valence-electron chi connectivity index (χ2n) is 8.21. The van der Waals surface area contributed by atoms with Crippen LogP contribution in [0.25, 0.3) is 0 Å². The molecule has 0 bridgehead atoms. The number of Topliss-reactive ketones (excluding diaryl/α,β-unsaturated/α-hetero) is 1. The van der Waals surface area contributed by atoms with Gasteiger partial charge in [-0.3, -0.25) is 4.79 Å². The smallest absolute Gasteiger partial charge is 0.336 e. The van der Waals surface area contributed by atoms with Gasteiger partial charge < -0.3 is 19.5 Å². The fourth-order valence-electron chi connectivity index (χ4n) is 4.45. The van der Waals surface area contributed by atoms with Crippen LogP contribution >= 0.6 is 0 Å². The number of carbonyl (C=O) groups excluding carboxylic acids is 2. The van der Waals surface area contributed by atoms with Crippen molar-refractivity contribution >= 4 is 11.8 Å². The maximum Gasteiger partial charge on any atom is 0.336 e. The number of benzene rings is 2. The van der Waals surface area contributed by atoms with Crippen LogP contribution in [0.2, 0.25) is 0 Å². The van der Waals surface area contributed by atoms with Crippen LogP contribution < -0.4 is 10.1 Å². The van der Waals surface area contributed by atoms with E-state index in [2.05, 4.69) is 5.32 Å². The summed E-state index contributed by atoms with van der Waals surface area (Å²) >= 11 is 0. The van der Waals surface area contributed by atoms with Gasteiger partial charge >= 0.3 is 5.97 Å². The van der Waals surface area contributed by atoms with Gasteiger partial charge in [-0.05, 0) is 31.4 Å². The molecule has 6 heteroatoms. The first kappa shape index (κ1) is 22.8. The number of allylic oxidation sites excluding steroid dienone is 3. The van der Waals surface area contributed by atoms with Crippen LogP contribution in [0.1, 0.15) is 43.2 Å². The van der Waals surface area contributed by atoms with Gasteiger partial charge in [-0.1, -0.05) is 48.5 Å². The number of rotatable bonds is 8. The first-order valence-corrected chi connectivity index (χ1v) is 11.3. The van der Waals surface area contributed by atoms with Crippen LogP contribution in [-0.2, 0) is 25.7 Å². The summed E-state index contributed by atoms with van der Waals surface area (Å²) in [5, 5.41) is 3.31. The number of hydrogen-bond donors (Lipinski definition) is 1. The molecule has 1 heterocycles. The minimum absolute atomic E-state index is 0.0568. The summed E-state index contributed by atoms with van der Waals surface area (Å²) in [5.41, 5.74) is 4.50. The Bertz CT molecular complexity index is 1090. The molecule has 2 aromatic carbocycles. The number of para-hydroxylation sites is 1. The Morgan fingerprint density at radius 3 is 2.58 bits per heavy atom. The van der Waals surface area contributed by atoms with Gasteiger partial charge in [-0.25, -0.2) is 4.79 Å². The van der Waals surface area contributed by atoms with E-state index in [1.807, 2.05) is 61.5 Å². The van der Waals surface area contributed by atoms with Crippen molar-refractivity contribution in [1.82, 2.24) is 5.32 Å². The highest BCUT2D eigenvalue weighted by molar-refractivity contribution is 6.04.